The highest BCUT2D eigenvalue weighted by Crippen LogP contribution is 2.40. The van der Waals surface area contributed by atoms with Gasteiger partial charge in [0.25, 0.3) is 0 Å². The predicted octanol–water partition coefficient (Wildman–Crippen LogP) is 9.80. The van der Waals surface area contributed by atoms with Gasteiger partial charge in [0, 0.05) is 17.7 Å². The molecule has 0 saturated carbocycles. The van der Waals surface area contributed by atoms with Crippen molar-refractivity contribution >= 4 is 17.6 Å². The van der Waals surface area contributed by atoms with E-state index in [-0.39, 0.29) is 5.91 Å². The normalized spacial score (nSPS) is 11.2. The van der Waals surface area contributed by atoms with E-state index < -0.39 is 11.5 Å². The number of esters is 1. The number of carbonyl (C=O) groups excluding carboxylic acids is 2. The molecule has 0 bridgehead atoms. The molecule has 7 aromatic carbocycles. The van der Waals surface area contributed by atoms with Crippen LogP contribution >= 0.6 is 0 Å². The molecule has 8 nitrogen and oxygen atoms in total. The summed E-state index contributed by atoms with van der Waals surface area (Å²) in [6.45, 7) is 0.316. The summed E-state index contributed by atoms with van der Waals surface area (Å²) in [5.74, 6) is -0.0125. The van der Waals surface area contributed by atoms with Crippen LogP contribution in [-0.2, 0) is 28.0 Å². The minimum Gasteiger partial charge on any atom is -0.465 e. The Morgan fingerprint density at radius 1 is 0.603 bits per heavy atom. The van der Waals surface area contributed by atoms with E-state index in [0.717, 1.165) is 44.5 Å². The first-order valence-corrected chi connectivity index (χ1v) is 19.2. The molecule has 8 rings (SSSR count). The number of nitrogens with zero attached hydrogens (tertiary/aromatic N) is 5. The Labute approximate surface area is 338 Å². The van der Waals surface area contributed by atoms with Crippen LogP contribution in [0.4, 0.5) is 5.69 Å². The van der Waals surface area contributed by atoms with Gasteiger partial charge in [0.05, 0.1) is 19.2 Å². The Kier molecular flexibility index (Phi) is 11.1. The maximum absolute atomic E-state index is 13.9. The summed E-state index contributed by atoms with van der Waals surface area (Å²) in [5.41, 5.74) is 7.88. The van der Waals surface area contributed by atoms with Crippen molar-refractivity contribution in [1.29, 1.82) is 0 Å². The predicted molar refractivity (Wildman–Crippen MR) is 227 cm³/mol. The first-order valence-electron chi connectivity index (χ1n) is 19.2. The average Bonchev–Trinajstić information content (AvgIpc) is 3.79. The third-order valence-electron chi connectivity index (χ3n) is 10.4. The van der Waals surface area contributed by atoms with Crippen molar-refractivity contribution in [3.05, 3.63) is 228 Å². The fourth-order valence-corrected chi connectivity index (χ4v) is 7.52. The molecule has 284 valence electrons. The zero-order valence-corrected chi connectivity index (χ0v) is 32.1. The van der Waals surface area contributed by atoms with Gasteiger partial charge in [0.15, 0.2) is 5.54 Å². The van der Waals surface area contributed by atoms with E-state index in [1.165, 1.54) is 7.11 Å². The topological polar surface area (TPSA) is 90.2 Å². The molecule has 1 amide bonds. The number of methoxy groups -OCH3 is 1. The monoisotopic (exact) mass is 759 g/mol. The summed E-state index contributed by atoms with van der Waals surface area (Å²) in [5, 5.41) is 14.6. The average molecular weight is 760 g/mol. The number of hydrogen-bond acceptors (Lipinski definition) is 6. The largest absolute Gasteiger partial charge is 0.465 e. The van der Waals surface area contributed by atoms with Crippen molar-refractivity contribution in [3.63, 3.8) is 0 Å². The smallest absolute Gasteiger partial charge is 0.337 e. The Hall–Kier alpha value is -7.45. The molecule has 8 aromatic rings. The second-order valence-corrected chi connectivity index (χ2v) is 14.0. The van der Waals surface area contributed by atoms with Crippen LogP contribution in [0, 0.1) is 0 Å². The summed E-state index contributed by atoms with van der Waals surface area (Å²) in [6.07, 6.45) is 0.913. The molecule has 0 spiro atoms. The minimum atomic E-state index is -0.896. The van der Waals surface area contributed by atoms with Crippen molar-refractivity contribution < 1.29 is 14.3 Å². The van der Waals surface area contributed by atoms with Crippen LogP contribution in [0.15, 0.2) is 194 Å². The van der Waals surface area contributed by atoms with E-state index in [2.05, 4.69) is 54.6 Å². The third-order valence-corrected chi connectivity index (χ3v) is 10.4. The second-order valence-electron chi connectivity index (χ2n) is 14.0. The molecule has 1 aromatic heterocycles. The fraction of sp³-hybridized carbons (Fsp3) is 0.100. The number of aryl methyl sites for hydroxylation is 1. The zero-order chi connectivity index (χ0) is 39.7. The fourth-order valence-electron chi connectivity index (χ4n) is 7.52. The van der Waals surface area contributed by atoms with Crippen molar-refractivity contribution in [2.24, 2.45) is 0 Å². The lowest BCUT2D eigenvalue weighted by Crippen LogP contribution is -2.39. The van der Waals surface area contributed by atoms with Gasteiger partial charge in [-0.15, -0.1) is 15.0 Å². The number of ether oxygens (including phenoxy) is 1. The number of benzene rings is 7. The van der Waals surface area contributed by atoms with Crippen LogP contribution in [0.1, 0.15) is 44.6 Å². The molecule has 0 N–H and O–H groups in total. The molecule has 8 heteroatoms. The van der Waals surface area contributed by atoms with Crippen LogP contribution in [0.5, 0.6) is 0 Å². The van der Waals surface area contributed by atoms with Gasteiger partial charge in [-0.05, 0) is 68.8 Å². The maximum atomic E-state index is 13.9. The maximum Gasteiger partial charge on any atom is 0.337 e. The van der Waals surface area contributed by atoms with Gasteiger partial charge in [-0.2, -0.15) is 0 Å². The number of aromatic nitrogens is 4. The highest BCUT2D eigenvalue weighted by molar-refractivity contribution is 5.96. The lowest BCUT2D eigenvalue weighted by Gasteiger charge is -2.34. The van der Waals surface area contributed by atoms with Crippen molar-refractivity contribution in [2.45, 2.75) is 24.9 Å². The van der Waals surface area contributed by atoms with E-state index in [9.17, 15) is 9.59 Å². The Bertz CT molecular complexity index is 2520. The standard InChI is InChI=1S/C50H41N5O3/c1-58-49(57)40-19-16-26-44(35-40)54(47(56)34-31-37-17-6-2-7-18-37)36-38-29-32-39(33-30-38)45-27-14-15-28-46(45)48-51-53-55(52-48)50(41-20-8-3-9-21-41,42-22-10-4-11-23-42)43-24-12-5-13-25-43/h2-30,32-33,35H,31,34,36H2,1H3. The lowest BCUT2D eigenvalue weighted by atomic mass is 9.77. The summed E-state index contributed by atoms with van der Waals surface area (Å²) in [4.78, 5) is 29.8. The SMILES string of the molecule is COC(=O)c1cccc(N(Cc2ccc(-c3ccccc3-c3nnn(C(c4ccccc4)(c4ccccc4)c4ccccc4)n3)cc2)C(=O)CCc2ccccc2)c1. The molecule has 0 atom stereocenters. The number of amides is 1. The van der Waals surface area contributed by atoms with Gasteiger partial charge < -0.3 is 9.64 Å². The van der Waals surface area contributed by atoms with Gasteiger partial charge in [-0.25, -0.2) is 4.79 Å². The van der Waals surface area contributed by atoms with Gasteiger partial charge >= 0.3 is 5.97 Å². The van der Waals surface area contributed by atoms with E-state index in [4.69, 9.17) is 20.1 Å². The first-order chi connectivity index (χ1) is 28.5. The molecule has 1 heterocycles. The zero-order valence-electron chi connectivity index (χ0n) is 32.1. The van der Waals surface area contributed by atoms with Gasteiger partial charge in [-0.1, -0.05) is 176 Å². The Balaban J connectivity index is 1.13. The molecule has 0 radical (unpaired) electrons. The molecule has 0 aliphatic rings. The molecule has 0 fully saturated rings. The molecule has 58 heavy (non-hydrogen) atoms. The van der Waals surface area contributed by atoms with E-state index in [0.29, 0.717) is 36.5 Å². The number of anilines is 1. The molecule has 0 saturated heterocycles. The van der Waals surface area contributed by atoms with Crippen molar-refractivity contribution in [2.75, 3.05) is 12.0 Å². The van der Waals surface area contributed by atoms with Crippen LogP contribution < -0.4 is 4.90 Å². The highest BCUT2D eigenvalue weighted by atomic mass is 16.5. The van der Waals surface area contributed by atoms with Crippen LogP contribution in [-0.4, -0.2) is 39.2 Å². The number of tetrazole rings is 1. The van der Waals surface area contributed by atoms with Crippen molar-refractivity contribution in [1.82, 2.24) is 20.2 Å². The number of hydrogen-bond donors (Lipinski definition) is 0. The van der Waals surface area contributed by atoms with Crippen LogP contribution in [0.2, 0.25) is 0 Å². The molecule has 0 aliphatic heterocycles. The number of rotatable bonds is 13. The summed E-state index contributed by atoms with van der Waals surface area (Å²) in [7, 11) is 1.35. The van der Waals surface area contributed by atoms with Crippen LogP contribution in [0.3, 0.4) is 0 Å². The van der Waals surface area contributed by atoms with Crippen LogP contribution in [0.25, 0.3) is 22.5 Å². The molecular formula is C50H41N5O3. The third kappa shape index (κ3) is 7.68. The molecular weight excluding hydrogens is 719 g/mol. The van der Waals surface area contributed by atoms with Gasteiger partial charge in [0.2, 0.25) is 11.7 Å². The Morgan fingerprint density at radius 2 is 1.16 bits per heavy atom. The summed E-state index contributed by atoms with van der Waals surface area (Å²) >= 11 is 0. The van der Waals surface area contributed by atoms with Gasteiger partial charge in [0.1, 0.15) is 0 Å². The first kappa shape index (κ1) is 37.5. The summed E-state index contributed by atoms with van der Waals surface area (Å²) < 4.78 is 4.97. The van der Waals surface area contributed by atoms with E-state index >= 15 is 0 Å². The second kappa shape index (κ2) is 17.1. The lowest BCUT2D eigenvalue weighted by molar-refractivity contribution is -0.118. The Morgan fingerprint density at radius 3 is 1.74 bits per heavy atom. The quantitative estimate of drug-likeness (QED) is 0.0859. The number of carbonyl (C=O) groups is 2. The molecule has 0 unspecified atom stereocenters. The van der Waals surface area contributed by atoms with E-state index in [1.807, 2.05) is 121 Å². The van der Waals surface area contributed by atoms with E-state index in [1.54, 1.807) is 27.9 Å². The highest BCUT2D eigenvalue weighted by Gasteiger charge is 2.41. The van der Waals surface area contributed by atoms with Gasteiger partial charge in [-0.3, -0.25) is 4.79 Å². The van der Waals surface area contributed by atoms with Crippen molar-refractivity contribution in [3.8, 4) is 22.5 Å². The molecule has 0 aliphatic carbocycles. The summed E-state index contributed by atoms with van der Waals surface area (Å²) in [6, 6.07) is 64.0. The minimum absolute atomic E-state index is 0.0490.